The van der Waals surface area contributed by atoms with Crippen molar-refractivity contribution < 1.29 is 24.4 Å². The Bertz CT molecular complexity index is 1010. The summed E-state index contributed by atoms with van der Waals surface area (Å²) in [5.41, 5.74) is 2.39. The molecule has 2 aromatic heterocycles. The molecular formula is C23H25ClFNO4S. The largest absolute Gasteiger partial charge is 0.394 e. The molecular weight excluding hydrogens is 441 g/mol. The number of aromatic nitrogens is 1. The number of nitrogens with zero attached hydrogens (tertiary/aromatic N) is 1. The fourth-order valence-electron chi connectivity index (χ4n) is 3.59. The Morgan fingerprint density at radius 1 is 1.16 bits per heavy atom. The van der Waals surface area contributed by atoms with Crippen molar-refractivity contribution in [3.8, 4) is 10.4 Å². The standard InChI is InChI=1S/C22H21ClFNO4S.CH4/c23-17-4-1-12(22-21(28)18(27)9-15(11-26)29-22)7-14(17)8-16-3-5-19(30-16)13-2-6-20(24)25-10-13;/h1-7,10,15,18,21-22,26-28H,8-9,11H2;1H4/t15-,18-,21+,22-;/m0./s1. The molecule has 3 heterocycles. The monoisotopic (exact) mass is 465 g/mol. The SMILES string of the molecule is C.OC[C@@H]1C[C@H](O)[C@@H](O)[C@H](c2ccc(Cl)c(Cc3ccc(-c4ccc(F)nc4)s3)c2)O1. The molecule has 0 amide bonds. The first-order chi connectivity index (χ1) is 14.4. The summed E-state index contributed by atoms with van der Waals surface area (Å²) in [6, 6.07) is 12.3. The summed E-state index contributed by atoms with van der Waals surface area (Å²) in [5, 5.41) is 30.5. The lowest BCUT2D eigenvalue weighted by Gasteiger charge is -2.37. The number of hydrogen-bond acceptors (Lipinski definition) is 6. The van der Waals surface area contributed by atoms with Crippen LogP contribution in [-0.2, 0) is 11.2 Å². The Balaban J connectivity index is 0.00000272. The van der Waals surface area contributed by atoms with Gasteiger partial charge in [-0.25, -0.2) is 4.98 Å². The van der Waals surface area contributed by atoms with Gasteiger partial charge in [-0.2, -0.15) is 4.39 Å². The summed E-state index contributed by atoms with van der Waals surface area (Å²) in [5.74, 6) is -0.514. The van der Waals surface area contributed by atoms with Crippen LogP contribution in [0.25, 0.3) is 10.4 Å². The van der Waals surface area contributed by atoms with Crippen molar-refractivity contribution in [2.45, 2.75) is 44.7 Å². The molecule has 1 aromatic carbocycles. The van der Waals surface area contributed by atoms with E-state index in [9.17, 15) is 19.7 Å². The van der Waals surface area contributed by atoms with Gasteiger partial charge in [-0.3, -0.25) is 0 Å². The zero-order valence-electron chi connectivity index (χ0n) is 15.9. The highest BCUT2D eigenvalue weighted by Crippen LogP contribution is 2.35. The molecule has 0 unspecified atom stereocenters. The van der Waals surface area contributed by atoms with Crippen LogP contribution in [0.5, 0.6) is 0 Å². The maximum atomic E-state index is 13.0. The molecule has 0 spiro atoms. The predicted molar refractivity (Wildman–Crippen MR) is 120 cm³/mol. The third-order valence-electron chi connectivity index (χ3n) is 5.19. The van der Waals surface area contributed by atoms with Gasteiger partial charge in [0, 0.05) is 39.4 Å². The summed E-state index contributed by atoms with van der Waals surface area (Å²) < 4.78 is 18.8. The Morgan fingerprint density at radius 3 is 2.68 bits per heavy atom. The first-order valence-electron chi connectivity index (χ1n) is 9.56. The van der Waals surface area contributed by atoms with Crippen LogP contribution >= 0.6 is 22.9 Å². The number of thiophene rings is 1. The van der Waals surface area contributed by atoms with Gasteiger partial charge in [0.1, 0.15) is 12.2 Å². The van der Waals surface area contributed by atoms with Gasteiger partial charge in [0.15, 0.2) is 0 Å². The summed E-state index contributed by atoms with van der Waals surface area (Å²) in [6.45, 7) is -0.225. The quantitative estimate of drug-likeness (QED) is 0.487. The third kappa shape index (κ3) is 5.31. The molecule has 1 aliphatic heterocycles. The average molecular weight is 466 g/mol. The number of hydrogen-bond donors (Lipinski definition) is 3. The van der Waals surface area contributed by atoms with E-state index in [-0.39, 0.29) is 20.5 Å². The van der Waals surface area contributed by atoms with E-state index < -0.39 is 30.4 Å². The maximum absolute atomic E-state index is 13.0. The van der Waals surface area contributed by atoms with Crippen LogP contribution in [0.3, 0.4) is 0 Å². The molecule has 166 valence electrons. The van der Waals surface area contributed by atoms with Crippen LogP contribution in [0.15, 0.2) is 48.7 Å². The van der Waals surface area contributed by atoms with Crippen molar-refractivity contribution in [2.75, 3.05) is 6.61 Å². The molecule has 4 rings (SSSR count). The van der Waals surface area contributed by atoms with Crippen LogP contribution in [0.4, 0.5) is 4.39 Å². The van der Waals surface area contributed by atoms with Gasteiger partial charge < -0.3 is 20.1 Å². The molecule has 1 fully saturated rings. The Hall–Kier alpha value is -1.87. The molecule has 4 atom stereocenters. The van der Waals surface area contributed by atoms with Gasteiger partial charge >= 0.3 is 0 Å². The molecule has 31 heavy (non-hydrogen) atoms. The van der Waals surface area contributed by atoms with Crippen molar-refractivity contribution in [3.63, 3.8) is 0 Å². The number of pyridine rings is 1. The highest BCUT2D eigenvalue weighted by molar-refractivity contribution is 7.15. The van der Waals surface area contributed by atoms with E-state index in [1.165, 1.54) is 12.3 Å². The summed E-state index contributed by atoms with van der Waals surface area (Å²) in [4.78, 5) is 5.73. The van der Waals surface area contributed by atoms with E-state index in [0.717, 1.165) is 20.9 Å². The van der Waals surface area contributed by atoms with Crippen molar-refractivity contribution >= 4 is 22.9 Å². The van der Waals surface area contributed by atoms with E-state index in [2.05, 4.69) is 4.98 Å². The number of ether oxygens (including phenoxy) is 1. The topological polar surface area (TPSA) is 82.8 Å². The molecule has 8 heteroatoms. The number of aliphatic hydroxyl groups excluding tert-OH is 3. The van der Waals surface area contributed by atoms with E-state index in [0.29, 0.717) is 17.0 Å². The first-order valence-corrected chi connectivity index (χ1v) is 10.8. The second-order valence-electron chi connectivity index (χ2n) is 7.32. The highest BCUT2D eigenvalue weighted by atomic mass is 35.5. The van der Waals surface area contributed by atoms with Crippen molar-refractivity contribution in [3.05, 3.63) is 75.6 Å². The summed E-state index contributed by atoms with van der Waals surface area (Å²) in [7, 11) is 0. The Morgan fingerprint density at radius 2 is 1.97 bits per heavy atom. The van der Waals surface area contributed by atoms with E-state index in [4.69, 9.17) is 16.3 Å². The molecule has 3 aromatic rings. The zero-order chi connectivity index (χ0) is 21.3. The van der Waals surface area contributed by atoms with Crippen molar-refractivity contribution in [2.24, 2.45) is 0 Å². The average Bonchev–Trinajstić information content (AvgIpc) is 3.20. The van der Waals surface area contributed by atoms with E-state index >= 15 is 0 Å². The van der Waals surface area contributed by atoms with Crippen LogP contribution in [0, 0.1) is 5.95 Å². The molecule has 5 nitrogen and oxygen atoms in total. The minimum absolute atomic E-state index is 0. The molecule has 0 bridgehead atoms. The fourth-order valence-corrected chi connectivity index (χ4v) is 4.80. The number of halogens is 2. The van der Waals surface area contributed by atoms with Gasteiger partial charge in [-0.15, -0.1) is 11.3 Å². The minimum Gasteiger partial charge on any atom is -0.394 e. The summed E-state index contributed by atoms with van der Waals surface area (Å²) >= 11 is 7.97. The Kier molecular flexibility index (Phi) is 7.80. The lowest BCUT2D eigenvalue weighted by molar-refractivity contribution is -0.179. The van der Waals surface area contributed by atoms with Crippen LogP contribution in [-0.4, -0.2) is 45.2 Å². The molecule has 0 aliphatic carbocycles. The van der Waals surface area contributed by atoms with Crippen LogP contribution < -0.4 is 0 Å². The number of benzene rings is 1. The highest BCUT2D eigenvalue weighted by Gasteiger charge is 2.37. The Labute approximate surface area is 189 Å². The lowest BCUT2D eigenvalue weighted by atomic mass is 9.92. The molecule has 1 saturated heterocycles. The number of aliphatic hydroxyl groups is 3. The lowest BCUT2D eigenvalue weighted by Crippen LogP contribution is -2.44. The second kappa shape index (κ2) is 10.2. The van der Waals surface area contributed by atoms with Crippen molar-refractivity contribution in [1.82, 2.24) is 4.98 Å². The van der Waals surface area contributed by atoms with Crippen molar-refractivity contribution in [1.29, 1.82) is 0 Å². The molecule has 1 aliphatic rings. The van der Waals surface area contributed by atoms with Gasteiger partial charge in [-0.1, -0.05) is 31.2 Å². The normalized spacial score (nSPS) is 23.4. The van der Waals surface area contributed by atoms with Gasteiger partial charge in [0.2, 0.25) is 5.95 Å². The fraction of sp³-hybridized carbons (Fsp3) is 0.348. The minimum atomic E-state index is -1.08. The van der Waals surface area contributed by atoms with Gasteiger partial charge in [0.05, 0.1) is 18.8 Å². The second-order valence-corrected chi connectivity index (χ2v) is 8.89. The zero-order valence-corrected chi connectivity index (χ0v) is 17.5. The van der Waals surface area contributed by atoms with Gasteiger partial charge in [0.25, 0.3) is 0 Å². The van der Waals surface area contributed by atoms with Gasteiger partial charge in [-0.05, 0) is 41.5 Å². The van der Waals surface area contributed by atoms with E-state index in [1.807, 2.05) is 18.2 Å². The summed E-state index contributed by atoms with van der Waals surface area (Å²) in [6.07, 6.45) is -1.07. The smallest absolute Gasteiger partial charge is 0.212 e. The first kappa shape index (κ1) is 23.8. The van der Waals surface area contributed by atoms with Crippen LogP contribution in [0.2, 0.25) is 5.02 Å². The molecule has 0 radical (unpaired) electrons. The third-order valence-corrected chi connectivity index (χ3v) is 6.69. The van der Waals surface area contributed by atoms with Crippen LogP contribution in [0.1, 0.15) is 36.0 Å². The van der Waals surface area contributed by atoms with E-state index in [1.54, 1.807) is 29.5 Å². The molecule has 0 saturated carbocycles. The maximum Gasteiger partial charge on any atom is 0.212 e. The molecule has 3 N–H and O–H groups in total. The number of rotatable bonds is 5. The predicted octanol–water partition coefficient (Wildman–Crippen LogP) is 4.37.